The smallest absolute Gasteiger partial charge is 0.252 e. The highest BCUT2D eigenvalue weighted by Gasteiger charge is 2.17. The molecular weight excluding hydrogens is 334 g/mol. The molecule has 0 saturated carbocycles. The van der Waals surface area contributed by atoms with Crippen LogP contribution in [-0.2, 0) is 0 Å². The van der Waals surface area contributed by atoms with E-state index in [0.717, 1.165) is 10.5 Å². The van der Waals surface area contributed by atoms with Gasteiger partial charge in [-0.3, -0.25) is 4.79 Å². The fourth-order valence-electron chi connectivity index (χ4n) is 2.49. The molecular formula is C20H25NO3S. The number of carbonyl (C=O) groups is 1. The Hall–Kier alpha value is -2.14. The standard InChI is InChI=1S/C20H25NO3S/c1-13(2)25-19-9-7-6-8-16(19)20(22)21-14(3)15-10-11-17(23-4)18(12-15)24-5/h6-14H,1-5H3,(H,21,22). The molecule has 0 saturated heterocycles. The zero-order valence-corrected chi connectivity index (χ0v) is 16.1. The van der Waals surface area contributed by atoms with Crippen molar-refractivity contribution in [1.29, 1.82) is 0 Å². The van der Waals surface area contributed by atoms with Crippen molar-refractivity contribution in [3.63, 3.8) is 0 Å². The third-order valence-corrected chi connectivity index (χ3v) is 4.83. The van der Waals surface area contributed by atoms with Crippen LogP contribution in [0.3, 0.4) is 0 Å². The van der Waals surface area contributed by atoms with Crippen molar-refractivity contribution in [2.75, 3.05) is 14.2 Å². The normalized spacial score (nSPS) is 11.9. The summed E-state index contributed by atoms with van der Waals surface area (Å²) in [6.07, 6.45) is 0. The van der Waals surface area contributed by atoms with Gasteiger partial charge in [-0.15, -0.1) is 11.8 Å². The molecule has 1 unspecified atom stereocenters. The van der Waals surface area contributed by atoms with Crippen molar-refractivity contribution in [3.8, 4) is 11.5 Å². The van der Waals surface area contributed by atoms with Crippen LogP contribution in [0.1, 0.15) is 42.7 Å². The topological polar surface area (TPSA) is 47.6 Å². The van der Waals surface area contributed by atoms with Crippen LogP contribution in [0.15, 0.2) is 47.4 Å². The molecule has 0 aliphatic carbocycles. The molecule has 2 aromatic carbocycles. The number of hydrogen-bond acceptors (Lipinski definition) is 4. The number of methoxy groups -OCH3 is 2. The predicted molar refractivity (Wildman–Crippen MR) is 103 cm³/mol. The van der Waals surface area contributed by atoms with E-state index in [9.17, 15) is 4.79 Å². The van der Waals surface area contributed by atoms with E-state index in [1.54, 1.807) is 26.0 Å². The van der Waals surface area contributed by atoms with E-state index in [2.05, 4.69) is 19.2 Å². The lowest BCUT2D eigenvalue weighted by atomic mass is 10.1. The molecule has 1 N–H and O–H groups in total. The SMILES string of the molecule is COc1ccc(C(C)NC(=O)c2ccccc2SC(C)C)cc1OC. The Morgan fingerprint density at radius 2 is 1.68 bits per heavy atom. The largest absolute Gasteiger partial charge is 0.493 e. The van der Waals surface area contributed by atoms with Crippen molar-refractivity contribution in [2.24, 2.45) is 0 Å². The summed E-state index contributed by atoms with van der Waals surface area (Å²) >= 11 is 1.69. The first-order chi connectivity index (χ1) is 12.0. The maximum absolute atomic E-state index is 12.7. The fourth-order valence-corrected chi connectivity index (χ4v) is 3.44. The Bertz CT molecular complexity index is 731. The fraction of sp³-hybridized carbons (Fsp3) is 0.350. The summed E-state index contributed by atoms with van der Waals surface area (Å²) in [4.78, 5) is 13.7. The average Bonchev–Trinajstić information content (AvgIpc) is 2.60. The Morgan fingerprint density at radius 3 is 2.32 bits per heavy atom. The number of benzene rings is 2. The van der Waals surface area contributed by atoms with Gasteiger partial charge in [0.15, 0.2) is 11.5 Å². The average molecular weight is 359 g/mol. The molecule has 0 aliphatic rings. The van der Waals surface area contributed by atoms with E-state index < -0.39 is 0 Å². The van der Waals surface area contributed by atoms with Crippen molar-refractivity contribution in [2.45, 2.75) is 37.0 Å². The molecule has 1 amide bonds. The summed E-state index contributed by atoms with van der Waals surface area (Å²) in [6.45, 7) is 6.19. The number of ether oxygens (including phenoxy) is 2. The van der Waals surface area contributed by atoms with Crippen LogP contribution in [0.2, 0.25) is 0 Å². The van der Waals surface area contributed by atoms with Gasteiger partial charge in [0, 0.05) is 10.1 Å². The molecule has 0 aromatic heterocycles. The lowest BCUT2D eigenvalue weighted by Crippen LogP contribution is -2.27. The van der Waals surface area contributed by atoms with Crippen LogP contribution in [0.4, 0.5) is 0 Å². The minimum atomic E-state index is -0.149. The zero-order chi connectivity index (χ0) is 18.4. The van der Waals surface area contributed by atoms with Gasteiger partial charge in [0.2, 0.25) is 0 Å². The number of amides is 1. The van der Waals surface area contributed by atoms with Crippen molar-refractivity contribution in [1.82, 2.24) is 5.32 Å². The second-order valence-electron chi connectivity index (χ2n) is 5.97. The van der Waals surface area contributed by atoms with Crippen molar-refractivity contribution >= 4 is 17.7 Å². The number of carbonyl (C=O) groups excluding carboxylic acids is 1. The van der Waals surface area contributed by atoms with E-state index in [4.69, 9.17) is 9.47 Å². The molecule has 2 aromatic rings. The van der Waals surface area contributed by atoms with Crippen LogP contribution in [0, 0.1) is 0 Å². The van der Waals surface area contributed by atoms with Gasteiger partial charge in [0.25, 0.3) is 5.91 Å². The number of rotatable bonds is 7. The lowest BCUT2D eigenvalue weighted by molar-refractivity contribution is 0.0937. The second-order valence-corrected chi connectivity index (χ2v) is 7.59. The summed E-state index contributed by atoms with van der Waals surface area (Å²) in [5, 5.41) is 3.48. The van der Waals surface area contributed by atoms with E-state index in [0.29, 0.717) is 22.3 Å². The number of nitrogens with one attached hydrogen (secondary N) is 1. The molecule has 2 rings (SSSR count). The second kappa shape index (κ2) is 8.81. The van der Waals surface area contributed by atoms with E-state index in [1.807, 2.05) is 49.4 Å². The van der Waals surface area contributed by atoms with E-state index in [1.165, 1.54) is 0 Å². The quantitative estimate of drug-likeness (QED) is 0.728. The molecule has 134 valence electrons. The molecule has 0 spiro atoms. The van der Waals surface area contributed by atoms with Crippen LogP contribution in [0.25, 0.3) is 0 Å². The minimum Gasteiger partial charge on any atom is -0.493 e. The predicted octanol–water partition coefficient (Wildman–Crippen LogP) is 4.70. The summed E-state index contributed by atoms with van der Waals surface area (Å²) in [5.41, 5.74) is 1.66. The summed E-state index contributed by atoms with van der Waals surface area (Å²) in [5.74, 6) is 1.24. The maximum atomic E-state index is 12.7. The number of hydrogen-bond donors (Lipinski definition) is 1. The van der Waals surface area contributed by atoms with Gasteiger partial charge in [0.1, 0.15) is 0 Å². The highest BCUT2D eigenvalue weighted by Crippen LogP contribution is 2.30. The molecule has 0 aliphatic heterocycles. The van der Waals surface area contributed by atoms with Gasteiger partial charge in [0.05, 0.1) is 25.8 Å². The molecule has 4 nitrogen and oxygen atoms in total. The highest BCUT2D eigenvalue weighted by atomic mass is 32.2. The third-order valence-electron chi connectivity index (χ3n) is 3.75. The zero-order valence-electron chi connectivity index (χ0n) is 15.3. The van der Waals surface area contributed by atoms with Crippen molar-refractivity contribution < 1.29 is 14.3 Å². The van der Waals surface area contributed by atoms with E-state index >= 15 is 0 Å². The Balaban J connectivity index is 2.18. The molecule has 5 heteroatoms. The monoisotopic (exact) mass is 359 g/mol. The first-order valence-corrected chi connectivity index (χ1v) is 9.12. The molecule has 0 fully saturated rings. The summed E-state index contributed by atoms with van der Waals surface area (Å²) < 4.78 is 10.6. The van der Waals surface area contributed by atoms with Crippen LogP contribution >= 0.6 is 11.8 Å². The summed E-state index contributed by atoms with van der Waals surface area (Å²) in [7, 11) is 3.20. The summed E-state index contributed by atoms with van der Waals surface area (Å²) in [6, 6.07) is 13.2. The maximum Gasteiger partial charge on any atom is 0.252 e. The van der Waals surface area contributed by atoms with Crippen LogP contribution in [-0.4, -0.2) is 25.4 Å². The molecule has 0 bridgehead atoms. The Labute approximate surface area is 153 Å². The third kappa shape index (κ3) is 4.92. The molecule has 25 heavy (non-hydrogen) atoms. The number of thioether (sulfide) groups is 1. The molecule has 0 heterocycles. The van der Waals surface area contributed by atoms with Crippen molar-refractivity contribution in [3.05, 3.63) is 53.6 Å². The minimum absolute atomic E-state index is 0.0777. The Morgan fingerprint density at radius 1 is 1.00 bits per heavy atom. The van der Waals surface area contributed by atoms with Gasteiger partial charge in [-0.1, -0.05) is 32.0 Å². The molecule has 0 radical (unpaired) electrons. The van der Waals surface area contributed by atoms with Gasteiger partial charge in [-0.2, -0.15) is 0 Å². The van der Waals surface area contributed by atoms with Gasteiger partial charge in [-0.05, 0) is 36.8 Å². The highest BCUT2D eigenvalue weighted by molar-refractivity contribution is 8.00. The lowest BCUT2D eigenvalue weighted by Gasteiger charge is -2.18. The first-order valence-electron chi connectivity index (χ1n) is 8.24. The van der Waals surface area contributed by atoms with Gasteiger partial charge >= 0.3 is 0 Å². The Kier molecular flexibility index (Phi) is 6.76. The molecule has 1 atom stereocenters. The van der Waals surface area contributed by atoms with Crippen LogP contribution in [0.5, 0.6) is 11.5 Å². The van der Waals surface area contributed by atoms with Gasteiger partial charge in [-0.25, -0.2) is 0 Å². The van der Waals surface area contributed by atoms with E-state index in [-0.39, 0.29) is 11.9 Å². The van der Waals surface area contributed by atoms with Gasteiger partial charge < -0.3 is 14.8 Å². The van der Waals surface area contributed by atoms with Crippen LogP contribution < -0.4 is 14.8 Å². The first kappa shape index (κ1) is 19.2.